The summed E-state index contributed by atoms with van der Waals surface area (Å²) in [6.45, 7) is 8.67. The second-order valence-electron chi connectivity index (χ2n) is 5.96. The molecule has 0 aromatic heterocycles. The number of hydrogen-bond donors (Lipinski definition) is 1. The first-order valence-electron chi connectivity index (χ1n) is 7.55. The number of aryl methyl sites for hydroxylation is 2. The van der Waals surface area contributed by atoms with Gasteiger partial charge in [-0.2, -0.15) is 0 Å². The van der Waals surface area contributed by atoms with Gasteiger partial charge in [0.05, 0.1) is 6.10 Å². The van der Waals surface area contributed by atoms with E-state index in [2.05, 4.69) is 50.4 Å². The summed E-state index contributed by atoms with van der Waals surface area (Å²) in [6.07, 6.45) is 3.99. The fourth-order valence-electron chi connectivity index (χ4n) is 2.75. The topological polar surface area (TPSA) is 21.3 Å². The Kier molecular flexibility index (Phi) is 5.41. The second-order valence-corrected chi connectivity index (χ2v) is 5.96. The molecular formula is C17H27NO. The first-order valence-corrected chi connectivity index (χ1v) is 7.55. The van der Waals surface area contributed by atoms with Crippen LogP contribution in [0, 0.1) is 12.8 Å². The molecule has 2 nitrogen and oxygen atoms in total. The third-order valence-corrected chi connectivity index (χ3v) is 4.21. The zero-order valence-corrected chi connectivity index (χ0v) is 12.5. The van der Waals surface area contributed by atoms with E-state index < -0.39 is 0 Å². The van der Waals surface area contributed by atoms with Crippen LogP contribution in [-0.2, 0) is 11.2 Å². The molecule has 19 heavy (non-hydrogen) atoms. The maximum Gasteiger partial charge on any atom is 0.0588 e. The molecule has 1 heterocycles. The van der Waals surface area contributed by atoms with E-state index in [9.17, 15) is 0 Å². The molecule has 0 aliphatic carbocycles. The van der Waals surface area contributed by atoms with Crippen molar-refractivity contribution >= 4 is 0 Å². The minimum Gasteiger partial charge on any atom is -0.378 e. The Morgan fingerprint density at radius 3 is 2.95 bits per heavy atom. The van der Waals surface area contributed by atoms with E-state index in [4.69, 9.17) is 4.74 Å². The quantitative estimate of drug-likeness (QED) is 0.848. The minimum atomic E-state index is 0.427. The zero-order chi connectivity index (χ0) is 13.7. The van der Waals surface area contributed by atoms with Crippen LogP contribution >= 0.6 is 0 Å². The maximum absolute atomic E-state index is 5.60. The van der Waals surface area contributed by atoms with Crippen LogP contribution in [0.4, 0.5) is 0 Å². The molecule has 0 bridgehead atoms. The normalized spacial score (nSPS) is 24.6. The lowest BCUT2D eigenvalue weighted by molar-refractivity contribution is 0.105. The van der Waals surface area contributed by atoms with Gasteiger partial charge in [0, 0.05) is 19.2 Å². The molecule has 1 saturated heterocycles. The summed E-state index contributed by atoms with van der Waals surface area (Å²) in [4.78, 5) is 0. The number of ether oxygens (including phenoxy) is 1. The van der Waals surface area contributed by atoms with Gasteiger partial charge < -0.3 is 10.1 Å². The summed E-state index contributed by atoms with van der Waals surface area (Å²) in [5, 5.41) is 3.66. The number of rotatable bonds is 6. The van der Waals surface area contributed by atoms with Gasteiger partial charge >= 0.3 is 0 Å². The largest absolute Gasteiger partial charge is 0.378 e. The van der Waals surface area contributed by atoms with Crippen LogP contribution in [0.1, 0.15) is 37.8 Å². The fraction of sp³-hybridized carbons (Fsp3) is 0.647. The average Bonchev–Trinajstić information content (AvgIpc) is 2.80. The summed E-state index contributed by atoms with van der Waals surface area (Å²) in [6, 6.07) is 9.41. The molecule has 0 saturated carbocycles. The van der Waals surface area contributed by atoms with E-state index in [-0.39, 0.29) is 0 Å². The summed E-state index contributed by atoms with van der Waals surface area (Å²) < 4.78 is 5.60. The zero-order valence-electron chi connectivity index (χ0n) is 12.5. The number of benzene rings is 1. The van der Waals surface area contributed by atoms with Crippen molar-refractivity contribution in [3.05, 3.63) is 35.4 Å². The Hall–Kier alpha value is -0.860. The first-order chi connectivity index (χ1) is 9.15. The van der Waals surface area contributed by atoms with Crippen LogP contribution in [0.5, 0.6) is 0 Å². The molecule has 3 unspecified atom stereocenters. The minimum absolute atomic E-state index is 0.427. The highest BCUT2D eigenvalue weighted by atomic mass is 16.5. The first kappa shape index (κ1) is 14.5. The standard InChI is InChI=1S/C17H27NO/c1-13-5-4-6-16(11-13)8-7-14(2)18-12-17-9-10-19-15(17)3/h4-6,11,14-15,17-18H,7-10,12H2,1-3H3. The monoisotopic (exact) mass is 261 g/mol. The van der Waals surface area contributed by atoms with Crippen LogP contribution in [0.2, 0.25) is 0 Å². The van der Waals surface area contributed by atoms with E-state index in [0.29, 0.717) is 18.1 Å². The van der Waals surface area contributed by atoms with Gasteiger partial charge in [-0.25, -0.2) is 0 Å². The van der Waals surface area contributed by atoms with Crippen molar-refractivity contribution in [3.63, 3.8) is 0 Å². The molecule has 0 spiro atoms. The molecule has 0 amide bonds. The van der Waals surface area contributed by atoms with Crippen LogP contribution in [0.3, 0.4) is 0 Å². The lowest BCUT2D eigenvalue weighted by Crippen LogP contribution is -2.33. The molecule has 1 aliphatic rings. The van der Waals surface area contributed by atoms with Gasteiger partial charge in [-0.05, 0) is 51.5 Å². The summed E-state index contributed by atoms with van der Waals surface area (Å²) >= 11 is 0. The molecule has 2 heteroatoms. The highest BCUT2D eigenvalue weighted by Crippen LogP contribution is 2.19. The Morgan fingerprint density at radius 2 is 2.26 bits per heavy atom. The predicted octanol–water partition coefficient (Wildman–Crippen LogP) is 3.33. The van der Waals surface area contributed by atoms with Crippen LogP contribution in [0.25, 0.3) is 0 Å². The van der Waals surface area contributed by atoms with E-state index in [1.807, 2.05) is 0 Å². The van der Waals surface area contributed by atoms with Crippen molar-refractivity contribution in [2.24, 2.45) is 5.92 Å². The SMILES string of the molecule is Cc1cccc(CCC(C)NCC2CCOC2C)c1. The summed E-state index contributed by atoms with van der Waals surface area (Å²) in [7, 11) is 0. The van der Waals surface area contributed by atoms with Gasteiger partial charge in [0.25, 0.3) is 0 Å². The predicted molar refractivity (Wildman–Crippen MR) is 80.5 cm³/mol. The lowest BCUT2D eigenvalue weighted by Gasteiger charge is -2.19. The van der Waals surface area contributed by atoms with Crippen molar-refractivity contribution in [1.82, 2.24) is 5.32 Å². The van der Waals surface area contributed by atoms with Crippen LogP contribution in [-0.4, -0.2) is 25.3 Å². The highest BCUT2D eigenvalue weighted by Gasteiger charge is 2.23. The van der Waals surface area contributed by atoms with Gasteiger partial charge in [0.2, 0.25) is 0 Å². The molecule has 1 aromatic rings. The van der Waals surface area contributed by atoms with Gasteiger partial charge in [-0.1, -0.05) is 29.8 Å². The Balaban J connectivity index is 1.68. The Bertz CT molecular complexity index is 391. The van der Waals surface area contributed by atoms with E-state index in [1.165, 1.54) is 24.0 Å². The van der Waals surface area contributed by atoms with E-state index >= 15 is 0 Å². The summed E-state index contributed by atoms with van der Waals surface area (Å²) in [5.41, 5.74) is 2.81. The van der Waals surface area contributed by atoms with E-state index in [1.54, 1.807) is 0 Å². The van der Waals surface area contributed by atoms with Crippen molar-refractivity contribution in [3.8, 4) is 0 Å². The van der Waals surface area contributed by atoms with Crippen molar-refractivity contribution in [2.45, 2.75) is 52.2 Å². The molecule has 0 radical (unpaired) electrons. The van der Waals surface area contributed by atoms with Gasteiger partial charge in [0.15, 0.2) is 0 Å². The maximum atomic E-state index is 5.60. The lowest BCUT2D eigenvalue weighted by atomic mass is 10.0. The molecule has 106 valence electrons. The molecule has 1 aliphatic heterocycles. The molecule has 1 N–H and O–H groups in total. The van der Waals surface area contributed by atoms with Crippen molar-refractivity contribution < 1.29 is 4.74 Å². The Morgan fingerprint density at radius 1 is 1.42 bits per heavy atom. The van der Waals surface area contributed by atoms with E-state index in [0.717, 1.165) is 19.6 Å². The fourth-order valence-corrected chi connectivity index (χ4v) is 2.75. The molecule has 1 aromatic carbocycles. The number of nitrogens with one attached hydrogen (secondary N) is 1. The van der Waals surface area contributed by atoms with Crippen LogP contribution in [0.15, 0.2) is 24.3 Å². The van der Waals surface area contributed by atoms with Gasteiger partial charge in [0.1, 0.15) is 0 Å². The molecule has 1 fully saturated rings. The van der Waals surface area contributed by atoms with Gasteiger partial charge in [-0.3, -0.25) is 0 Å². The third kappa shape index (κ3) is 4.63. The third-order valence-electron chi connectivity index (χ3n) is 4.21. The number of hydrogen-bond acceptors (Lipinski definition) is 2. The highest BCUT2D eigenvalue weighted by molar-refractivity contribution is 5.22. The second kappa shape index (κ2) is 7.06. The Labute approximate surface area is 117 Å². The smallest absolute Gasteiger partial charge is 0.0588 e. The average molecular weight is 261 g/mol. The van der Waals surface area contributed by atoms with Crippen molar-refractivity contribution in [2.75, 3.05) is 13.2 Å². The van der Waals surface area contributed by atoms with Gasteiger partial charge in [-0.15, -0.1) is 0 Å². The summed E-state index contributed by atoms with van der Waals surface area (Å²) in [5.74, 6) is 0.696. The van der Waals surface area contributed by atoms with Crippen LogP contribution < -0.4 is 5.32 Å². The van der Waals surface area contributed by atoms with Crippen molar-refractivity contribution in [1.29, 1.82) is 0 Å². The molecule has 2 rings (SSSR count). The molecule has 3 atom stereocenters. The molecular weight excluding hydrogens is 234 g/mol.